The Labute approximate surface area is 177 Å². The Morgan fingerprint density at radius 3 is 1.90 bits per heavy atom. The van der Waals surface area contributed by atoms with Gasteiger partial charge in [-0.3, -0.25) is 0 Å². The quantitative estimate of drug-likeness (QED) is 0.411. The van der Waals surface area contributed by atoms with Gasteiger partial charge in [0.1, 0.15) is 22.9 Å². The van der Waals surface area contributed by atoms with E-state index in [-0.39, 0.29) is 5.92 Å². The molecule has 3 rings (SSSR count). The number of benzene rings is 2. The molecule has 0 amide bonds. The first-order valence-corrected chi connectivity index (χ1v) is 10.3. The van der Waals surface area contributed by atoms with Gasteiger partial charge >= 0.3 is 6.11 Å². The van der Waals surface area contributed by atoms with E-state index in [1.807, 2.05) is 0 Å². The van der Waals surface area contributed by atoms with E-state index in [0.717, 1.165) is 57.8 Å². The van der Waals surface area contributed by atoms with E-state index in [1.165, 1.54) is 0 Å². The normalized spacial score (nSPS) is 19.4. The zero-order valence-corrected chi connectivity index (χ0v) is 17.3. The molecule has 0 atom stereocenters. The summed E-state index contributed by atoms with van der Waals surface area (Å²) in [7, 11) is 0.999. The highest BCUT2D eigenvalue weighted by Crippen LogP contribution is 2.41. The molecule has 1 saturated carbocycles. The van der Waals surface area contributed by atoms with Gasteiger partial charge in [-0.2, -0.15) is 8.78 Å². The fourth-order valence-electron chi connectivity index (χ4n) is 4.29. The predicted molar refractivity (Wildman–Crippen MR) is 103 cm³/mol. The molecule has 170 valence electrons. The van der Waals surface area contributed by atoms with Crippen molar-refractivity contribution in [3.05, 3.63) is 58.7 Å². The van der Waals surface area contributed by atoms with E-state index in [2.05, 4.69) is 16.4 Å². The fourth-order valence-corrected chi connectivity index (χ4v) is 4.29. The molecule has 2 aromatic rings. The summed E-state index contributed by atoms with van der Waals surface area (Å²) in [6.07, 6.45) is 1.02. The Morgan fingerprint density at radius 1 is 0.871 bits per heavy atom. The number of halogens is 6. The van der Waals surface area contributed by atoms with Gasteiger partial charge in [0.2, 0.25) is 0 Å². The second kappa shape index (κ2) is 9.40. The molecule has 8 heteroatoms. The first-order valence-electron chi connectivity index (χ1n) is 10.3. The van der Waals surface area contributed by atoms with E-state index in [9.17, 15) is 26.3 Å². The lowest BCUT2D eigenvalue weighted by Crippen LogP contribution is -2.26. The van der Waals surface area contributed by atoms with Crippen LogP contribution < -0.4 is 9.47 Å². The van der Waals surface area contributed by atoms with Crippen molar-refractivity contribution in [1.82, 2.24) is 0 Å². The molecule has 0 aliphatic heterocycles. The van der Waals surface area contributed by atoms with Crippen molar-refractivity contribution in [2.45, 2.75) is 57.5 Å². The van der Waals surface area contributed by atoms with E-state index >= 15 is 0 Å². The van der Waals surface area contributed by atoms with Crippen molar-refractivity contribution in [2.24, 2.45) is 5.92 Å². The first-order chi connectivity index (χ1) is 14.7. The summed E-state index contributed by atoms with van der Waals surface area (Å²) in [6, 6.07) is 2.70. The topological polar surface area (TPSA) is 18.5 Å². The zero-order chi connectivity index (χ0) is 22.8. The molecule has 1 fully saturated rings. The van der Waals surface area contributed by atoms with Crippen LogP contribution >= 0.6 is 0 Å². The number of hydrogen-bond donors (Lipinski definition) is 0. The first kappa shape index (κ1) is 23.3. The van der Waals surface area contributed by atoms with Gasteiger partial charge in [0, 0.05) is 12.1 Å². The molecule has 0 N–H and O–H groups in total. The van der Waals surface area contributed by atoms with Gasteiger partial charge in [0.05, 0.1) is 7.11 Å². The van der Waals surface area contributed by atoms with Crippen LogP contribution in [0.3, 0.4) is 0 Å². The summed E-state index contributed by atoms with van der Waals surface area (Å²) >= 11 is 0. The monoisotopic (exact) mass is 446 g/mol. The molecule has 0 radical (unpaired) electrons. The average Bonchev–Trinajstić information content (AvgIpc) is 2.67. The van der Waals surface area contributed by atoms with Crippen molar-refractivity contribution in [3.63, 3.8) is 0 Å². The van der Waals surface area contributed by atoms with E-state index in [4.69, 9.17) is 0 Å². The van der Waals surface area contributed by atoms with Crippen molar-refractivity contribution in [1.29, 1.82) is 0 Å². The van der Waals surface area contributed by atoms with Crippen LogP contribution in [0.25, 0.3) is 0 Å². The van der Waals surface area contributed by atoms with Crippen molar-refractivity contribution >= 4 is 0 Å². The molecule has 0 bridgehead atoms. The smallest absolute Gasteiger partial charge is 0.432 e. The van der Waals surface area contributed by atoms with Gasteiger partial charge in [-0.05, 0) is 55.2 Å². The standard InChI is InChI=1S/C23H24F6O2/c1-3-4-13-5-7-14(8-6-13)15-9-17(24)21(18(25)10-15)23(28,29)31-16-11-19(26)22(30-2)20(27)12-16/h9-14H,3-8H2,1-2H3. The van der Waals surface area contributed by atoms with Crippen LogP contribution in [0.15, 0.2) is 24.3 Å². The van der Waals surface area contributed by atoms with Gasteiger partial charge in [-0.1, -0.05) is 19.8 Å². The lowest BCUT2D eigenvalue weighted by Gasteiger charge is -2.29. The second-order valence-electron chi connectivity index (χ2n) is 7.90. The minimum absolute atomic E-state index is 0.106. The molecular formula is C23H24F6O2. The third-order valence-corrected chi connectivity index (χ3v) is 5.79. The third-order valence-electron chi connectivity index (χ3n) is 5.79. The molecule has 2 aromatic carbocycles. The maximum absolute atomic E-state index is 14.6. The number of methoxy groups -OCH3 is 1. The second-order valence-corrected chi connectivity index (χ2v) is 7.90. The fraction of sp³-hybridized carbons (Fsp3) is 0.478. The van der Waals surface area contributed by atoms with Crippen molar-refractivity contribution in [3.8, 4) is 11.5 Å². The van der Waals surface area contributed by atoms with E-state index < -0.39 is 46.4 Å². The third kappa shape index (κ3) is 5.10. The molecule has 31 heavy (non-hydrogen) atoms. The maximum atomic E-state index is 14.6. The van der Waals surface area contributed by atoms with Gasteiger partial charge in [0.25, 0.3) is 0 Å². The van der Waals surface area contributed by atoms with Crippen LogP contribution in [0.5, 0.6) is 11.5 Å². The Morgan fingerprint density at radius 2 is 1.42 bits per heavy atom. The van der Waals surface area contributed by atoms with Crippen LogP contribution in [-0.4, -0.2) is 7.11 Å². The molecule has 0 spiro atoms. The predicted octanol–water partition coefficient (Wildman–Crippen LogP) is 7.45. The van der Waals surface area contributed by atoms with Crippen molar-refractivity contribution in [2.75, 3.05) is 7.11 Å². The Balaban J connectivity index is 1.82. The van der Waals surface area contributed by atoms with E-state index in [0.29, 0.717) is 23.6 Å². The average molecular weight is 446 g/mol. The van der Waals surface area contributed by atoms with Crippen LogP contribution in [0.2, 0.25) is 0 Å². The maximum Gasteiger partial charge on any atom is 0.432 e. The minimum atomic E-state index is -4.49. The molecule has 1 aliphatic rings. The van der Waals surface area contributed by atoms with Gasteiger partial charge in [-0.15, -0.1) is 0 Å². The summed E-state index contributed by atoms with van der Waals surface area (Å²) in [5, 5.41) is 0. The van der Waals surface area contributed by atoms with Crippen LogP contribution in [0.1, 0.15) is 62.5 Å². The van der Waals surface area contributed by atoms with Crippen LogP contribution in [-0.2, 0) is 6.11 Å². The largest absolute Gasteiger partial charge is 0.491 e. The molecule has 0 heterocycles. The van der Waals surface area contributed by atoms with E-state index in [1.54, 1.807) is 0 Å². The Bertz CT molecular complexity index is 876. The molecular weight excluding hydrogens is 422 g/mol. The highest BCUT2D eigenvalue weighted by Gasteiger charge is 2.42. The number of alkyl halides is 2. The lowest BCUT2D eigenvalue weighted by molar-refractivity contribution is -0.189. The SMILES string of the molecule is CCCC1CCC(c2cc(F)c(C(F)(F)Oc3cc(F)c(OC)c(F)c3)c(F)c2)CC1. The summed E-state index contributed by atoms with van der Waals surface area (Å²) < 4.78 is 94.5. The molecule has 2 nitrogen and oxygen atoms in total. The Hall–Kier alpha value is -2.38. The Kier molecular flexibility index (Phi) is 7.06. The number of rotatable bonds is 7. The zero-order valence-electron chi connectivity index (χ0n) is 17.3. The van der Waals surface area contributed by atoms with Crippen LogP contribution in [0, 0.1) is 29.2 Å². The number of ether oxygens (including phenoxy) is 2. The highest BCUT2D eigenvalue weighted by molar-refractivity contribution is 5.36. The lowest BCUT2D eigenvalue weighted by atomic mass is 9.77. The summed E-state index contributed by atoms with van der Waals surface area (Å²) in [6.45, 7) is 2.10. The van der Waals surface area contributed by atoms with Gasteiger partial charge in [0.15, 0.2) is 17.4 Å². The summed E-state index contributed by atoms with van der Waals surface area (Å²) in [5.74, 6) is -6.76. The molecule has 1 aliphatic carbocycles. The molecule has 0 unspecified atom stereocenters. The highest BCUT2D eigenvalue weighted by atomic mass is 19.3. The molecule has 0 saturated heterocycles. The number of hydrogen-bond acceptors (Lipinski definition) is 2. The summed E-state index contributed by atoms with van der Waals surface area (Å²) in [4.78, 5) is 0. The van der Waals surface area contributed by atoms with Crippen LogP contribution in [0.4, 0.5) is 26.3 Å². The minimum Gasteiger partial charge on any atom is -0.491 e. The van der Waals surface area contributed by atoms with Gasteiger partial charge in [-0.25, -0.2) is 17.6 Å². The molecule has 0 aromatic heterocycles. The van der Waals surface area contributed by atoms with Crippen molar-refractivity contribution < 1.29 is 35.8 Å². The summed E-state index contributed by atoms with van der Waals surface area (Å²) in [5.41, 5.74) is -1.28. The van der Waals surface area contributed by atoms with Gasteiger partial charge < -0.3 is 9.47 Å².